The molecule has 0 saturated carbocycles. The van der Waals surface area contributed by atoms with Crippen molar-refractivity contribution in [2.45, 2.75) is 24.6 Å². The van der Waals surface area contributed by atoms with E-state index < -0.39 is 10.0 Å². The Labute approximate surface area is 120 Å². The van der Waals surface area contributed by atoms with Crippen LogP contribution in [0.15, 0.2) is 9.59 Å². The number of sulfonamides is 1. The second kappa shape index (κ2) is 5.16. The first-order valence-electron chi connectivity index (χ1n) is 5.41. The maximum Gasteiger partial charge on any atom is 0.254 e. The Kier molecular flexibility index (Phi) is 3.90. The highest BCUT2D eigenvalue weighted by molar-refractivity contribution is 7.91. The quantitative estimate of drug-likeness (QED) is 0.925. The number of nitrogens with two attached hydrogens (primary N) is 1. The lowest BCUT2D eigenvalue weighted by Gasteiger charge is -2.14. The van der Waals surface area contributed by atoms with Gasteiger partial charge in [-0.1, -0.05) is 11.3 Å². The number of anilines is 1. The number of nitrogens with zero attached hydrogens (tertiary/aromatic N) is 3. The van der Waals surface area contributed by atoms with Crippen molar-refractivity contribution >= 4 is 37.8 Å². The Balaban J connectivity index is 2.27. The first-order chi connectivity index (χ1) is 8.80. The lowest BCUT2D eigenvalue weighted by atomic mass is 10.5. The third-order valence-electron chi connectivity index (χ3n) is 2.47. The fourth-order valence-electron chi connectivity index (χ4n) is 1.58. The zero-order valence-corrected chi connectivity index (χ0v) is 13.2. The zero-order chi connectivity index (χ0) is 14.2. The standard InChI is InChI=1S/C10H14N4O2S3/c1-6-9(18-10(11)12-6)19(15,16)14(3)4-8-5-17-7(2)13-8/h5H,4H2,1-3H3,(H2,11,12). The molecule has 2 aromatic rings. The molecule has 6 nitrogen and oxygen atoms in total. The summed E-state index contributed by atoms with van der Waals surface area (Å²) in [4.78, 5) is 8.21. The van der Waals surface area contributed by atoms with Gasteiger partial charge in [0.15, 0.2) is 9.34 Å². The Morgan fingerprint density at radius 3 is 2.53 bits per heavy atom. The predicted octanol–water partition coefficient (Wildman–Crippen LogP) is 1.62. The van der Waals surface area contributed by atoms with Gasteiger partial charge >= 0.3 is 0 Å². The van der Waals surface area contributed by atoms with Crippen LogP contribution in [0.5, 0.6) is 0 Å². The molecule has 0 unspecified atom stereocenters. The van der Waals surface area contributed by atoms with Crippen molar-refractivity contribution in [3.63, 3.8) is 0 Å². The smallest absolute Gasteiger partial charge is 0.254 e. The minimum Gasteiger partial charge on any atom is -0.375 e. The van der Waals surface area contributed by atoms with E-state index in [4.69, 9.17) is 5.73 Å². The number of aryl methyl sites for hydroxylation is 2. The highest BCUT2D eigenvalue weighted by Gasteiger charge is 2.26. The Bertz CT molecular complexity index is 689. The minimum absolute atomic E-state index is 0.194. The van der Waals surface area contributed by atoms with Crippen LogP contribution >= 0.6 is 22.7 Å². The number of thiazole rings is 2. The first kappa shape index (κ1) is 14.4. The molecule has 0 aliphatic heterocycles. The molecular formula is C10H14N4O2S3. The van der Waals surface area contributed by atoms with Gasteiger partial charge in [-0.25, -0.2) is 18.4 Å². The van der Waals surface area contributed by atoms with Gasteiger partial charge in [-0.2, -0.15) is 4.31 Å². The van der Waals surface area contributed by atoms with E-state index in [0.717, 1.165) is 22.0 Å². The molecule has 2 rings (SSSR count). The lowest BCUT2D eigenvalue weighted by molar-refractivity contribution is 0.464. The molecule has 0 fully saturated rings. The summed E-state index contributed by atoms with van der Waals surface area (Å²) in [5.74, 6) is 0. The van der Waals surface area contributed by atoms with Gasteiger partial charge in [-0.05, 0) is 13.8 Å². The third kappa shape index (κ3) is 2.94. The van der Waals surface area contributed by atoms with Gasteiger partial charge in [-0.15, -0.1) is 11.3 Å². The highest BCUT2D eigenvalue weighted by Crippen LogP contribution is 2.28. The van der Waals surface area contributed by atoms with Gasteiger partial charge < -0.3 is 5.73 Å². The molecule has 9 heteroatoms. The average Bonchev–Trinajstić information content (AvgIpc) is 2.85. The molecule has 0 atom stereocenters. The van der Waals surface area contributed by atoms with E-state index in [1.807, 2.05) is 12.3 Å². The second-order valence-corrected chi connectivity index (χ2v) is 8.38. The molecular weight excluding hydrogens is 304 g/mol. The summed E-state index contributed by atoms with van der Waals surface area (Å²) >= 11 is 2.48. The summed E-state index contributed by atoms with van der Waals surface area (Å²) in [5.41, 5.74) is 6.72. The van der Waals surface area contributed by atoms with Crippen LogP contribution in [0.1, 0.15) is 16.4 Å². The number of aromatic nitrogens is 2. The van der Waals surface area contributed by atoms with Gasteiger partial charge in [0.05, 0.1) is 22.9 Å². The maximum absolute atomic E-state index is 12.4. The second-order valence-electron chi connectivity index (χ2n) is 4.04. The van der Waals surface area contributed by atoms with Crippen LogP contribution in [0.25, 0.3) is 0 Å². The van der Waals surface area contributed by atoms with Crippen LogP contribution in [-0.2, 0) is 16.6 Å². The zero-order valence-electron chi connectivity index (χ0n) is 10.7. The first-order valence-corrected chi connectivity index (χ1v) is 8.54. The van der Waals surface area contributed by atoms with Crippen LogP contribution in [0.4, 0.5) is 5.13 Å². The van der Waals surface area contributed by atoms with Crippen LogP contribution in [0, 0.1) is 13.8 Å². The van der Waals surface area contributed by atoms with Crippen molar-refractivity contribution in [1.29, 1.82) is 0 Å². The fourth-order valence-corrected chi connectivity index (χ4v) is 4.81. The van der Waals surface area contributed by atoms with Crippen molar-refractivity contribution in [3.05, 3.63) is 21.8 Å². The molecule has 2 heterocycles. The monoisotopic (exact) mass is 318 g/mol. The van der Waals surface area contributed by atoms with Crippen LogP contribution in [0.3, 0.4) is 0 Å². The van der Waals surface area contributed by atoms with Crippen molar-refractivity contribution in [1.82, 2.24) is 14.3 Å². The Morgan fingerprint density at radius 2 is 2.05 bits per heavy atom. The largest absolute Gasteiger partial charge is 0.375 e. The molecule has 104 valence electrons. The molecule has 0 spiro atoms. The van der Waals surface area contributed by atoms with Gasteiger partial charge in [0.1, 0.15) is 0 Å². The van der Waals surface area contributed by atoms with E-state index in [1.165, 1.54) is 22.7 Å². The van der Waals surface area contributed by atoms with Crippen LogP contribution < -0.4 is 5.73 Å². The number of rotatable bonds is 4. The predicted molar refractivity (Wildman–Crippen MR) is 76.8 cm³/mol. The molecule has 0 saturated heterocycles. The summed E-state index contributed by atoms with van der Waals surface area (Å²) in [6.45, 7) is 3.77. The molecule has 0 bridgehead atoms. The molecule has 19 heavy (non-hydrogen) atoms. The fraction of sp³-hybridized carbons (Fsp3) is 0.400. The van der Waals surface area contributed by atoms with E-state index in [0.29, 0.717) is 5.69 Å². The summed E-state index contributed by atoms with van der Waals surface area (Å²) in [5, 5.41) is 3.03. The number of hydrogen-bond acceptors (Lipinski definition) is 7. The average molecular weight is 318 g/mol. The molecule has 0 amide bonds. The summed E-state index contributed by atoms with van der Waals surface area (Å²) < 4.78 is 26.2. The summed E-state index contributed by atoms with van der Waals surface area (Å²) in [7, 11) is -2.04. The molecule has 2 aromatic heterocycles. The molecule has 2 N–H and O–H groups in total. The lowest BCUT2D eigenvalue weighted by Crippen LogP contribution is -2.26. The highest BCUT2D eigenvalue weighted by atomic mass is 32.2. The van der Waals surface area contributed by atoms with Crippen molar-refractivity contribution in [2.75, 3.05) is 12.8 Å². The SMILES string of the molecule is Cc1nc(CN(C)S(=O)(=O)c2sc(N)nc2C)cs1. The number of hydrogen-bond donors (Lipinski definition) is 1. The van der Waals surface area contributed by atoms with Gasteiger partial charge in [0.2, 0.25) is 0 Å². The maximum atomic E-state index is 12.4. The third-order valence-corrected chi connectivity index (χ3v) is 6.67. The van der Waals surface area contributed by atoms with Crippen LogP contribution in [0.2, 0.25) is 0 Å². The van der Waals surface area contributed by atoms with E-state index in [9.17, 15) is 8.42 Å². The van der Waals surface area contributed by atoms with Gasteiger partial charge in [-0.3, -0.25) is 0 Å². The normalized spacial score (nSPS) is 12.2. The summed E-state index contributed by atoms with van der Waals surface area (Å²) in [6, 6.07) is 0. The van der Waals surface area contributed by atoms with E-state index in [1.54, 1.807) is 6.92 Å². The van der Waals surface area contributed by atoms with Crippen LogP contribution in [-0.4, -0.2) is 29.7 Å². The van der Waals surface area contributed by atoms with Crippen molar-refractivity contribution in [2.24, 2.45) is 0 Å². The van der Waals surface area contributed by atoms with Gasteiger partial charge in [0, 0.05) is 12.4 Å². The van der Waals surface area contributed by atoms with E-state index in [-0.39, 0.29) is 15.9 Å². The molecule has 0 aromatic carbocycles. The van der Waals surface area contributed by atoms with E-state index >= 15 is 0 Å². The molecule has 0 aliphatic rings. The molecule has 0 radical (unpaired) electrons. The van der Waals surface area contributed by atoms with E-state index in [2.05, 4.69) is 9.97 Å². The summed E-state index contributed by atoms with van der Waals surface area (Å²) in [6.07, 6.45) is 0. The van der Waals surface area contributed by atoms with Gasteiger partial charge in [0.25, 0.3) is 10.0 Å². The topological polar surface area (TPSA) is 89.2 Å². The number of nitrogen functional groups attached to an aromatic ring is 1. The van der Waals surface area contributed by atoms with Crippen molar-refractivity contribution < 1.29 is 8.42 Å². The Morgan fingerprint density at radius 1 is 1.37 bits per heavy atom. The minimum atomic E-state index is -3.56. The van der Waals surface area contributed by atoms with Crippen molar-refractivity contribution in [3.8, 4) is 0 Å². The molecule has 0 aliphatic carbocycles. The Hall–Kier alpha value is -1.03.